The summed E-state index contributed by atoms with van der Waals surface area (Å²) in [6, 6.07) is 8.06. The van der Waals surface area contributed by atoms with Crippen molar-refractivity contribution in [2.45, 2.75) is 31.7 Å². The first-order valence-corrected chi connectivity index (χ1v) is 9.72. The maximum Gasteiger partial charge on any atom is 0.253 e. The lowest BCUT2D eigenvalue weighted by Crippen LogP contribution is -2.31. The summed E-state index contributed by atoms with van der Waals surface area (Å²) in [5.41, 5.74) is 6.12. The lowest BCUT2D eigenvalue weighted by atomic mass is 9.92. The van der Waals surface area contributed by atoms with E-state index in [0.29, 0.717) is 5.56 Å². The third kappa shape index (κ3) is 2.95. The number of amides is 1. The first-order valence-electron chi connectivity index (χ1n) is 9.72. The van der Waals surface area contributed by atoms with Crippen molar-refractivity contribution in [3.8, 4) is 16.9 Å². The van der Waals surface area contributed by atoms with E-state index in [1.54, 1.807) is 12.4 Å². The van der Waals surface area contributed by atoms with E-state index < -0.39 is 0 Å². The van der Waals surface area contributed by atoms with Gasteiger partial charge in [0.1, 0.15) is 5.75 Å². The molecule has 2 aromatic heterocycles. The van der Waals surface area contributed by atoms with E-state index in [-0.39, 0.29) is 11.9 Å². The molecule has 0 saturated carbocycles. The Bertz CT molecular complexity index is 1060. The summed E-state index contributed by atoms with van der Waals surface area (Å²) in [6.07, 6.45) is 9.22. The molecule has 0 fully saturated rings. The summed E-state index contributed by atoms with van der Waals surface area (Å²) in [5, 5.41) is 7.53. The van der Waals surface area contributed by atoms with Gasteiger partial charge in [0.05, 0.1) is 24.4 Å². The highest BCUT2D eigenvalue weighted by molar-refractivity contribution is 5.95. The Morgan fingerprint density at radius 2 is 2.11 bits per heavy atom. The Morgan fingerprint density at radius 1 is 1.18 bits per heavy atom. The van der Waals surface area contributed by atoms with Gasteiger partial charge in [0.15, 0.2) is 0 Å². The van der Waals surface area contributed by atoms with Crippen molar-refractivity contribution in [1.29, 1.82) is 0 Å². The number of carbonyl (C=O) groups is 1. The van der Waals surface area contributed by atoms with Crippen molar-refractivity contribution < 1.29 is 9.53 Å². The predicted molar refractivity (Wildman–Crippen MR) is 105 cm³/mol. The number of carbonyl (C=O) groups excluding carboxylic acids is 1. The van der Waals surface area contributed by atoms with E-state index in [1.807, 2.05) is 36.1 Å². The molecule has 3 aromatic rings. The third-order valence-electron chi connectivity index (χ3n) is 5.70. The summed E-state index contributed by atoms with van der Waals surface area (Å²) < 4.78 is 7.49. The Kier molecular flexibility index (Phi) is 4.11. The summed E-state index contributed by atoms with van der Waals surface area (Å²) in [7, 11) is 1.96. The molecule has 0 saturated heterocycles. The minimum atomic E-state index is -0.0967. The molecule has 0 radical (unpaired) electrons. The number of benzene rings is 1. The number of ether oxygens (including phenoxy) is 1. The number of rotatable bonds is 3. The van der Waals surface area contributed by atoms with Crippen molar-refractivity contribution in [2.75, 3.05) is 6.61 Å². The number of hydrogen-bond donors (Lipinski definition) is 1. The van der Waals surface area contributed by atoms with Crippen LogP contribution in [0.25, 0.3) is 11.1 Å². The maximum absolute atomic E-state index is 12.9. The van der Waals surface area contributed by atoms with Gasteiger partial charge in [0, 0.05) is 42.7 Å². The van der Waals surface area contributed by atoms with Crippen molar-refractivity contribution in [2.24, 2.45) is 7.05 Å². The molecule has 0 bridgehead atoms. The average Bonchev–Trinajstić information content (AvgIpc) is 3.35. The van der Waals surface area contributed by atoms with Crippen LogP contribution in [0.3, 0.4) is 0 Å². The normalized spacial score (nSPS) is 17.5. The van der Waals surface area contributed by atoms with Gasteiger partial charge in [0.2, 0.25) is 0 Å². The number of nitrogens with one attached hydrogen (secondary N) is 1. The SMILES string of the molecule is Cn1ncc2c1CCCC2NC(=O)c1cncc(-c2ccc3c(c2)CCO3)c1. The molecule has 1 atom stereocenters. The molecule has 3 heterocycles. The average molecular weight is 374 g/mol. The number of aromatic nitrogens is 3. The molecule has 1 N–H and O–H groups in total. The van der Waals surface area contributed by atoms with Crippen LogP contribution >= 0.6 is 0 Å². The fraction of sp³-hybridized carbons (Fsp3) is 0.318. The van der Waals surface area contributed by atoms with E-state index in [2.05, 4.69) is 21.5 Å². The number of hydrogen-bond acceptors (Lipinski definition) is 4. The van der Waals surface area contributed by atoms with Crippen LogP contribution in [-0.2, 0) is 19.9 Å². The summed E-state index contributed by atoms with van der Waals surface area (Å²) in [6.45, 7) is 0.733. The Hall–Kier alpha value is -3.15. The highest BCUT2D eigenvalue weighted by Crippen LogP contribution is 2.31. The van der Waals surface area contributed by atoms with Gasteiger partial charge >= 0.3 is 0 Å². The van der Waals surface area contributed by atoms with Crippen LogP contribution in [0.4, 0.5) is 0 Å². The maximum atomic E-state index is 12.9. The summed E-state index contributed by atoms with van der Waals surface area (Å²) in [4.78, 5) is 17.2. The smallest absolute Gasteiger partial charge is 0.253 e. The second-order valence-electron chi connectivity index (χ2n) is 7.47. The predicted octanol–water partition coefficient (Wildman–Crippen LogP) is 3.22. The molecule has 1 amide bonds. The lowest BCUT2D eigenvalue weighted by molar-refractivity contribution is 0.0932. The quantitative estimate of drug-likeness (QED) is 0.764. The lowest BCUT2D eigenvalue weighted by Gasteiger charge is -2.23. The first kappa shape index (κ1) is 17.0. The largest absolute Gasteiger partial charge is 0.493 e. The van der Waals surface area contributed by atoms with Crippen LogP contribution in [0.15, 0.2) is 42.9 Å². The molecule has 142 valence electrons. The van der Waals surface area contributed by atoms with Crippen LogP contribution in [0.1, 0.15) is 46.1 Å². The molecule has 1 unspecified atom stereocenters. The topological polar surface area (TPSA) is 69.0 Å². The van der Waals surface area contributed by atoms with Gasteiger partial charge < -0.3 is 10.1 Å². The minimum absolute atomic E-state index is 0.00532. The summed E-state index contributed by atoms with van der Waals surface area (Å²) >= 11 is 0. The van der Waals surface area contributed by atoms with Crippen LogP contribution < -0.4 is 10.1 Å². The van der Waals surface area contributed by atoms with Gasteiger partial charge in [-0.05, 0) is 48.6 Å². The molecule has 5 rings (SSSR count). The molecule has 1 aliphatic carbocycles. The van der Waals surface area contributed by atoms with Gasteiger partial charge in [-0.2, -0.15) is 5.10 Å². The van der Waals surface area contributed by atoms with Gasteiger partial charge in [-0.15, -0.1) is 0 Å². The molecule has 28 heavy (non-hydrogen) atoms. The van der Waals surface area contributed by atoms with Crippen molar-refractivity contribution in [3.63, 3.8) is 0 Å². The molecular weight excluding hydrogens is 352 g/mol. The van der Waals surface area contributed by atoms with E-state index in [9.17, 15) is 4.79 Å². The fourth-order valence-corrected chi connectivity index (χ4v) is 4.19. The van der Waals surface area contributed by atoms with Crippen LogP contribution in [0, 0.1) is 0 Å². The number of aryl methyl sites for hydroxylation is 1. The van der Waals surface area contributed by atoms with Gasteiger partial charge in [-0.1, -0.05) is 6.07 Å². The molecule has 6 nitrogen and oxygen atoms in total. The number of fused-ring (bicyclic) bond motifs is 2. The van der Waals surface area contributed by atoms with Crippen LogP contribution in [-0.4, -0.2) is 27.3 Å². The van der Waals surface area contributed by atoms with Gasteiger partial charge in [-0.3, -0.25) is 14.5 Å². The van der Waals surface area contributed by atoms with E-state index in [1.165, 1.54) is 11.3 Å². The molecule has 1 aliphatic heterocycles. The highest BCUT2D eigenvalue weighted by atomic mass is 16.5. The number of nitrogens with zero attached hydrogens (tertiary/aromatic N) is 3. The van der Waals surface area contributed by atoms with E-state index in [4.69, 9.17) is 4.74 Å². The van der Waals surface area contributed by atoms with Gasteiger partial charge in [-0.25, -0.2) is 0 Å². The highest BCUT2D eigenvalue weighted by Gasteiger charge is 2.25. The second-order valence-corrected chi connectivity index (χ2v) is 7.47. The standard InChI is InChI=1S/C22H22N4O2/c1-26-20-4-2-3-19(18(20)13-24-26)25-22(27)17-10-16(11-23-12-17)14-5-6-21-15(9-14)7-8-28-21/h5-6,9-13,19H,2-4,7-8H2,1H3,(H,25,27). The fourth-order valence-electron chi connectivity index (χ4n) is 4.19. The van der Waals surface area contributed by atoms with E-state index in [0.717, 1.165) is 54.7 Å². The summed E-state index contributed by atoms with van der Waals surface area (Å²) in [5.74, 6) is 0.857. The van der Waals surface area contributed by atoms with Crippen LogP contribution in [0.2, 0.25) is 0 Å². The molecule has 6 heteroatoms. The van der Waals surface area contributed by atoms with Crippen molar-refractivity contribution in [3.05, 3.63) is 65.2 Å². The van der Waals surface area contributed by atoms with Crippen molar-refractivity contribution >= 4 is 5.91 Å². The van der Waals surface area contributed by atoms with Crippen LogP contribution in [0.5, 0.6) is 5.75 Å². The Balaban J connectivity index is 1.39. The van der Waals surface area contributed by atoms with E-state index >= 15 is 0 Å². The number of pyridine rings is 1. The zero-order chi connectivity index (χ0) is 19.1. The molecule has 0 spiro atoms. The second kappa shape index (κ2) is 6.78. The zero-order valence-corrected chi connectivity index (χ0v) is 15.8. The molecule has 1 aromatic carbocycles. The zero-order valence-electron chi connectivity index (χ0n) is 15.8. The third-order valence-corrected chi connectivity index (χ3v) is 5.70. The van der Waals surface area contributed by atoms with Crippen molar-refractivity contribution in [1.82, 2.24) is 20.1 Å². The molecule has 2 aliphatic rings. The Morgan fingerprint density at radius 3 is 3.04 bits per heavy atom. The monoisotopic (exact) mass is 374 g/mol. The molecular formula is C22H22N4O2. The Labute approximate surface area is 163 Å². The first-order chi connectivity index (χ1) is 13.7. The van der Waals surface area contributed by atoms with Gasteiger partial charge in [0.25, 0.3) is 5.91 Å². The minimum Gasteiger partial charge on any atom is -0.493 e.